The van der Waals surface area contributed by atoms with Crippen LogP contribution in [0, 0.1) is 0 Å². The lowest BCUT2D eigenvalue weighted by Gasteiger charge is -2.11. The van der Waals surface area contributed by atoms with Gasteiger partial charge in [0.05, 0.1) is 11.1 Å². The minimum atomic E-state index is 0.840. The lowest BCUT2D eigenvalue weighted by atomic mass is 10.1. The molecule has 0 saturated heterocycles. The van der Waals surface area contributed by atoms with Crippen molar-refractivity contribution in [2.75, 3.05) is 11.9 Å². The van der Waals surface area contributed by atoms with Crippen LogP contribution in [0.25, 0.3) is 17.0 Å². The summed E-state index contributed by atoms with van der Waals surface area (Å²) in [6.45, 7) is 0. The van der Waals surface area contributed by atoms with Gasteiger partial charge in [-0.15, -0.1) is 0 Å². The summed E-state index contributed by atoms with van der Waals surface area (Å²) in [5, 5.41) is 1.18. The second kappa shape index (κ2) is 4.63. The van der Waals surface area contributed by atoms with E-state index in [9.17, 15) is 0 Å². The molecule has 21 heavy (non-hydrogen) atoms. The molecule has 0 fully saturated rings. The molecule has 1 N–H and O–H groups in total. The second-order valence-electron chi connectivity index (χ2n) is 5.09. The maximum Gasteiger partial charge on any atom is 0.211 e. The highest BCUT2D eigenvalue weighted by molar-refractivity contribution is 5.86. The van der Waals surface area contributed by atoms with Gasteiger partial charge in [-0.2, -0.15) is 0 Å². The number of nitrogens with zero attached hydrogens (tertiary/aromatic N) is 1. The molecule has 3 heteroatoms. The zero-order valence-corrected chi connectivity index (χ0v) is 11.7. The van der Waals surface area contributed by atoms with Crippen molar-refractivity contribution in [3.63, 3.8) is 0 Å². The van der Waals surface area contributed by atoms with Gasteiger partial charge in [0.25, 0.3) is 0 Å². The summed E-state index contributed by atoms with van der Waals surface area (Å²) in [4.78, 5) is 5.33. The lowest BCUT2D eigenvalue weighted by molar-refractivity contribution is -0.344. The zero-order chi connectivity index (χ0) is 14.2. The Bertz CT molecular complexity index is 849. The third kappa shape index (κ3) is 1.94. The molecule has 0 aliphatic carbocycles. The zero-order valence-electron chi connectivity index (χ0n) is 11.7. The van der Waals surface area contributed by atoms with Crippen LogP contribution in [0.5, 0.6) is 5.75 Å². The number of hydrogen-bond donors (Lipinski definition) is 0. The van der Waals surface area contributed by atoms with Crippen LogP contribution in [-0.2, 0) is 0 Å². The Balaban J connectivity index is 1.82. The molecule has 0 unspecified atom stereocenters. The maximum atomic E-state index is 5.95. The Morgan fingerprint density at radius 2 is 1.81 bits per heavy atom. The second-order valence-corrected chi connectivity index (χ2v) is 5.09. The van der Waals surface area contributed by atoms with Gasteiger partial charge in [-0.3, -0.25) is 0 Å². The fourth-order valence-corrected chi connectivity index (χ4v) is 2.68. The van der Waals surface area contributed by atoms with Crippen LogP contribution < -0.4 is 14.6 Å². The van der Waals surface area contributed by atoms with E-state index in [4.69, 9.17) is 4.74 Å². The number of ether oxygens (including phenoxy) is 1. The number of benzene rings is 2. The van der Waals surface area contributed by atoms with Crippen LogP contribution in [0.2, 0.25) is 0 Å². The van der Waals surface area contributed by atoms with Crippen LogP contribution in [0.1, 0.15) is 5.56 Å². The first-order chi connectivity index (χ1) is 10.3. The van der Waals surface area contributed by atoms with Gasteiger partial charge in [-0.25, -0.2) is 4.98 Å². The number of H-pyrrole nitrogens is 1. The number of hydrogen-bond acceptors (Lipinski definition) is 2. The van der Waals surface area contributed by atoms with Crippen molar-refractivity contribution >= 4 is 22.7 Å². The molecule has 0 atom stereocenters. The maximum absolute atomic E-state index is 5.95. The first kappa shape index (κ1) is 12.0. The molecule has 0 radical (unpaired) electrons. The van der Waals surface area contributed by atoms with Gasteiger partial charge >= 0.3 is 0 Å². The first-order valence-electron chi connectivity index (χ1n) is 6.95. The molecule has 0 amide bonds. The average molecular weight is 275 g/mol. The molecule has 4 rings (SSSR count). The molecule has 1 aliphatic rings. The quantitative estimate of drug-likeness (QED) is 0.679. The van der Waals surface area contributed by atoms with Crippen molar-refractivity contribution in [1.29, 1.82) is 0 Å². The topological polar surface area (TPSA) is 26.6 Å². The van der Waals surface area contributed by atoms with Crippen molar-refractivity contribution in [3.8, 4) is 5.75 Å². The fraction of sp³-hybridized carbons (Fsp3) is 0.0556. The van der Waals surface area contributed by atoms with E-state index in [1.165, 1.54) is 5.39 Å². The largest absolute Gasteiger partial charge is 0.439 e. The summed E-state index contributed by atoms with van der Waals surface area (Å²) in [7, 11) is 2.02. The average Bonchev–Trinajstić information content (AvgIpc) is 2.85. The van der Waals surface area contributed by atoms with Crippen molar-refractivity contribution in [2.24, 2.45) is 0 Å². The van der Waals surface area contributed by atoms with Gasteiger partial charge in [0.15, 0.2) is 11.9 Å². The number of para-hydroxylation sites is 3. The van der Waals surface area contributed by atoms with Gasteiger partial charge in [0, 0.05) is 25.3 Å². The summed E-state index contributed by atoms with van der Waals surface area (Å²) in [6.07, 6.45) is 4.03. The highest BCUT2D eigenvalue weighted by atomic mass is 16.5. The minimum absolute atomic E-state index is 0.840. The minimum Gasteiger partial charge on any atom is -0.439 e. The molecule has 102 valence electrons. The van der Waals surface area contributed by atoms with Gasteiger partial charge in [0.2, 0.25) is 11.4 Å². The number of aromatic amines is 1. The summed E-state index contributed by atoms with van der Waals surface area (Å²) in [5.74, 6) is 1.74. The number of fused-ring (bicyclic) bond motifs is 2. The molecule has 2 aromatic carbocycles. The summed E-state index contributed by atoms with van der Waals surface area (Å²) in [5.41, 5.74) is 3.35. The van der Waals surface area contributed by atoms with E-state index in [2.05, 4.69) is 40.2 Å². The number of pyridine rings is 1. The molecular weight excluding hydrogens is 260 g/mol. The Morgan fingerprint density at radius 1 is 1.00 bits per heavy atom. The van der Waals surface area contributed by atoms with E-state index in [0.29, 0.717) is 0 Å². The molecule has 3 aromatic rings. The molecule has 0 saturated carbocycles. The number of nitrogens with one attached hydrogen (secondary N) is 1. The van der Waals surface area contributed by atoms with Crippen molar-refractivity contribution in [3.05, 3.63) is 72.2 Å². The fourth-order valence-electron chi connectivity index (χ4n) is 2.68. The van der Waals surface area contributed by atoms with E-state index in [-0.39, 0.29) is 0 Å². The molecule has 1 aliphatic heterocycles. The number of anilines is 1. The van der Waals surface area contributed by atoms with E-state index >= 15 is 0 Å². The van der Waals surface area contributed by atoms with Gasteiger partial charge in [-0.1, -0.05) is 24.3 Å². The predicted octanol–water partition coefficient (Wildman–Crippen LogP) is 3.48. The highest BCUT2D eigenvalue weighted by Gasteiger charge is 2.22. The van der Waals surface area contributed by atoms with Gasteiger partial charge in [0.1, 0.15) is 0 Å². The van der Waals surface area contributed by atoms with Crippen LogP contribution in [0.15, 0.2) is 66.7 Å². The van der Waals surface area contributed by atoms with E-state index in [0.717, 1.165) is 28.4 Å². The molecular formula is C18H15N2O+. The van der Waals surface area contributed by atoms with E-state index < -0.39 is 0 Å². The predicted molar refractivity (Wildman–Crippen MR) is 84.0 cm³/mol. The number of aromatic nitrogens is 1. The lowest BCUT2D eigenvalue weighted by Crippen LogP contribution is -2.13. The van der Waals surface area contributed by atoms with Crippen molar-refractivity contribution in [2.45, 2.75) is 0 Å². The van der Waals surface area contributed by atoms with Gasteiger partial charge in [-0.05, 0) is 23.8 Å². The highest BCUT2D eigenvalue weighted by Crippen LogP contribution is 2.38. The molecule has 1 aromatic heterocycles. The first-order valence-corrected chi connectivity index (χ1v) is 6.95. The summed E-state index contributed by atoms with van der Waals surface area (Å²) >= 11 is 0. The Labute approximate surface area is 123 Å². The normalized spacial score (nSPS) is 15.3. The Morgan fingerprint density at radius 3 is 2.71 bits per heavy atom. The molecule has 3 nitrogen and oxygen atoms in total. The summed E-state index contributed by atoms with van der Waals surface area (Å²) < 4.78 is 5.95. The van der Waals surface area contributed by atoms with Crippen molar-refractivity contribution in [1.82, 2.24) is 0 Å². The number of rotatable bonds is 1. The molecule has 0 bridgehead atoms. The van der Waals surface area contributed by atoms with E-state index in [1.54, 1.807) is 0 Å². The third-order valence-electron chi connectivity index (χ3n) is 3.79. The Kier molecular flexibility index (Phi) is 2.64. The monoisotopic (exact) mass is 275 g/mol. The summed E-state index contributed by atoms with van der Waals surface area (Å²) in [6, 6.07) is 18.4. The van der Waals surface area contributed by atoms with Crippen LogP contribution in [0.3, 0.4) is 0 Å². The SMILES string of the molecule is CN1C(=Cc2cc[nH+]c3ccccc23)Oc2ccccc21. The van der Waals surface area contributed by atoms with Crippen LogP contribution >= 0.6 is 0 Å². The van der Waals surface area contributed by atoms with Crippen molar-refractivity contribution < 1.29 is 9.72 Å². The van der Waals surface area contributed by atoms with Gasteiger partial charge < -0.3 is 9.64 Å². The smallest absolute Gasteiger partial charge is 0.211 e. The third-order valence-corrected chi connectivity index (χ3v) is 3.79. The standard InChI is InChI=1S/C18H14N2O/c1-20-16-8-4-5-9-17(16)21-18(20)12-13-10-11-19-15-7-3-2-6-14(13)15/h2-12H,1H3/p+1. The van der Waals surface area contributed by atoms with Crippen LogP contribution in [0.4, 0.5) is 5.69 Å². The van der Waals surface area contributed by atoms with E-state index in [1.807, 2.05) is 43.6 Å². The molecule has 2 heterocycles. The Hall–Kier alpha value is -2.81. The van der Waals surface area contributed by atoms with Crippen LogP contribution in [-0.4, -0.2) is 7.05 Å². The molecule has 0 spiro atoms.